The van der Waals surface area contributed by atoms with Crippen molar-refractivity contribution in [1.82, 2.24) is 4.98 Å². The molecule has 1 amide bonds. The Balaban J connectivity index is 1.34. The Morgan fingerprint density at radius 1 is 1.03 bits per heavy atom. The molecule has 3 saturated carbocycles. The van der Waals surface area contributed by atoms with Crippen molar-refractivity contribution in [3.63, 3.8) is 0 Å². The second-order valence-electron chi connectivity index (χ2n) is 9.99. The summed E-state index contributed by atoms with van der Waals surface area (Å²) in [5, 5.41) is 2.27. The third kappa shape index (κ3) is 5.62. The Bertz CT molecular complexity index is 1060. The molecule has 35 heavy (non-hydrogen) atoms. The van der Waals surface area contributed by atoms with Crippen LogP contribution in [0, 0.1) is 23.5 Å². The van der Waals surface area contributed by atoms with Crippen molar-refractivity contribution in [1.29, 1.82) is 0 Å². The molecule has 1 N–H and O–H groups in total. The van der Waals surface area contributed by atoms with Gasteiger partial charge in [0.25, 0.3) is 5.91 Å². The third-order valence-electron chi connectivity index (χ3n) is 7.24. The lowest BCUT2D eigenvalue weighted by molar-refractivity contribution is -0.130. The topological polar surface area (TPSA) is 64.4 Å². The highest BCUT2D eigenvalue weighted by atomic mass is 19.4. The van der Waals surface area contributed by atoms with Gasteiger partial charge < -0.3 is 14.5 Å². The summed E-state index contributed by atoms with van der Waals surface area (Å²) in [4.78, 5) is 16.9. The molecule has 0 radical (unpaired) electrons. The zero-order valence-corrected chi connectivity index (χ0v) is 19.1. The summed E-state index contributed by atoms with van der Waals surface area (Å²) in [6.07, 6.45) is 1.62. The Kier molecular flexibility index (Phi) is 6.48. The monoisotopic (exact) mass is 498 g/mol. The van der Waals surface area contributed by atoms with Gasteiger partial charge in [-0.25, -0.2) is 13.8 Å². The van der Waals surface area contributed by atoms with E-state index in [1.807, 2.05) is 0 Å². The number of alkyl halides is 3. The number of nitrogens with one attached hydrogen (secondary N) is 1. The summed E-state index contributed by atoms with van der Waals surface area (Å²) < 4.78 is 79.6. The van der Waals surface area contributed by atoms with Crippen LogP contribution in [0.5, 0.6) is 5.75 Å². The molecule has 2 unspecified atom stereocenters. The number of hydrogen-bond donors (Lipinski definition) is 1. The zero-order chi connectivity index (χ0) is 24.7. The van der Waals surface area contributed by atoms with E-state index in [4.69, 9.17) is 9.15 Å². The minimum Gasteiger partial charge on any atom is -0.484 e. The van der Waals surface area contributed by atoms with Gasteiger partial charge in [0.05, 0.1) is 6.10 Å². The van der Waals surface area contributed by atoms with Crippen LogP contribution in [0.2, 0.25) is 0 Å². The zero-order valence-electron chi connectivity index (χ0n) is 19.1. The number of nitrogens with zero attached hydrogens (tertiary/aromatic N) is 1. The fraction of sp³-hybridized carbons (Fsp3) is 0.600. The second kappa shape index (κ2) is 9.43. The number of fused-ring (bicyclic) bond motifs is 1. The molecule has 3 aliphatic carbocycles. The van der Waals surface area contributed by atoms with E-state index in [1.54, 1.807) is 0 Å². The summed E-state index contributed by atoms with van der Waals surface area (Å²) in [6.45, 7) is 0. The normalized spacial score (nSPS) is 24.7. The molecule has 1 heterocycles. The van der Waals surface area contributed by atoms with E-state index in [0.29, 0.717) is 24.7 Å². The number of benzene rings is 1. The quantitative estimate of drug-likeness (QED) is 0.347. The summed E-state index contributed by atoms with van der Waals surface area (Å²) >= 11 is 0. The largest absolute Gasteiger partial charge is 0.484 e. The molecule has 2 aromatic rings. The maximum absolute atomic E-state index is 14.6. The molecule has 0 bridgehead atoms. The number of ether oxygens (including phenoxy) is 1. The van der Waals surface area contributed by atoms with Crippen molar-refractivity contribution in [2.45, 2.75) is 82.4 Å². The van der Waals surface area contributed by atoms with Crippen molar-refractivity contribution in [2.24, 2.45) is 11.8 Å². The van der Waals surface area contributed by atoms with Gasteiger partial charge >= 0.3 is 6.18 Å². The third-order valence-corrected chi connectivity index (χ3v) is 7.24. The Hall–Kier alpha value is -2.65. The maximum Gasteiger partial charge on any atom is 0.396 e. The van der Waals surface area contributed by atoms with Crippen LogP contribution in [-0.2, 0) is 6.42 Å². The molecule has 5 rings (SSSR count). The predicted molar refractivity (Wildman–Crippen MR) is 116 cm³/mol. The van der Waals surface area contributed by atoms with Crippen molar-refractivity contribution in [3.8, 4) is 5.75 Å². The highest BCUT2D eigenvalue weighted by molar-refractivity contribution is 6.03. The van der Waals surface area contributed by atoms with Crippen molar-refractivity contribution in [2.75, 3.05) is 5.32 Å². The molecule has 3 fully saturated rings. The Morgan fingerprint density at radius 3 is 2.26 bits per heavy atom. The number of hydrogen-bond acceptors (Lipinski definition) is 4. The Labute approximate surface area is 199 Å². The molecular weight excluding hydrogens is 471 g/mol. The second-order valence-corrected chi connectivity index (χ2v) is 9.99. The maximum atomic E-state index is 14.6. The number of carbonyl (C=O) groups excluding carboxylic acids is 1. The highest BCUT2D eigenvalue weighted by Crippen LogP contribution is 2.52. The summed E-state index contributed by atoms with van der Waals surface area (Å²) in [5.41, 5.74) is -0.767. The fourth-order valence-electron chi connectivity index (χ4n) is 5.41. The molecule has 190 valence electrons. The lowest BCUT2D eigenvalue weighted by atomic mass is 10.0. The molecule has 0 spiro atoms. The lowest BCUT2D eigenvalue weighted by Crippen LogP contribution is -2.19. The number of aromatic nitrogens is 1. The van der Waals surface area contributed by atoms with Gasteiger partial charge in [-0.15, -0.1) is 0 Å². The SMILES string of the molecule is O=C(Nc1cc(F)c(OC2CC3CC3C2)c(F)c1)c1nc(C2CCCCCC2)oc1CC(F)(F)F. The van der Waals surface area contributed by atoms with Gasteiger partial charge in [0, 0.05) is 23.7 Å². The van der Waals surface area contributed by atoms with E-state index < -0.39 is 47.3 Å². The van der Waals surface area contributed by atoms with Crippen LogP contribution in [0.25, 0.3) is 0 Å². The van der Waals surface area contributed by atoms with Crippen LogP contribution in [0.15, 0.2) is 16.5 Å². The molecule has 3 aliphatic rings. The van der Waals surface area contributed by atoms with Crippen LogP contribution in [0.3, 0.4) is 0 Å². The van der Waals surface area contributed by atoms with Gasteiger partial charge in [-0.2, -0.15) is 13.2 Å². The summed E-state index contributed by atoms with van der Waals surface area (Å²) in [7, 11) is 0. The number of amides is 1. The van der Waals surface area contributed by atoms with E-state index in [0.717, 1.165) is 57.1 Å². The van der Waals surface area contributed by atoms with E-state index in [9.17, 15) is 26.7 Å². The van der Waals surface area contributed by atoms with Crippen LogP contribution in [-0.4, -0.2) is 23.2 Å². The van der Waals surface area contributed by atoms with E-state index in [1.165, 1.54) is 0 Å². The molecule has 0 saturated heterocycles. The first-order valence-corrected chi connectivity index (χ1v) is 12.2. The van der Waals surface area contributed by atoms with Crippen molar-refractivity contribution in [3.05, 3.63) is 41.1 Å². The summed E-state index contributed by atoms with van der Waals surface area (Å²) in [5.74, 6) is -3.03. The van der Waals surface area contributed by atoms with Crippen LogP contribution in [0.4, 0.5) is 27.6 Å². The minimum absolute atomic E-state index is 0.104. The van der Waals surface area contributed by atoms with Crippen molar-refractivity contribution >= 4 is 11.6 Å². The lowest BCUT2D eigenvalue weighted by Gasteiger charge is -2.17. The van der Waals surface area contributed by atoms with Gasteiger partial charge in [-0.05, 0) is 43.9 Å². The van der Waals surface area contributed by atoms with Crippen LogP contribution in [0.1, 0.15) is 85.8 Å². The van der Waals surface area contributed by atoms with Gasteiger partial charge in [0.2, 0.25) is 0 Å². The molecule has 0 aliphatic heterocycles. The van der Waals surface area contributed by atoms with Gasteiger partial charge in [0.1, 0.15) is 12.2 Å². The van der Waals surface area contributed by atoms with Crippen LogP contribution >= 0.6 is 0 Å². The van der Waals surface area contributed by atoms with E-state index in [-0.39, 0.29) is 23.6 Å². The number of carbonyl (C=O) groups is 1. The van der Waals surface area contributed by atoms with Gasteiger partial charge in [0.15, 0.2) is 29.0 Å². The fourth-order valence-corrected chi connectivity index (χ4v) is 5.41. The predicted octanol–water partition coefficient (Wildman–Crippen LogP) is 6.93. The average Bonchev–Trinajstić information content (AvgIpc) is 3.31. The Morgan fingerprint density at radius 2 is 1.66 bits per heavy atom. The highest BCUT2D eigenvalue weighted by Gasteiger charge is 2.47. The first-order chi connectivity index (χ1) is 16.7. The molecule has 10 heteroatoms. The number of rotatable bonds is 6. The first-order valence-electron chi connectivity index (χ1n) is 12.2. The molecule has 5 nitrogen and oxygen atoms in total. The number of anilines is 1. The first kappa shape index (κ1) is 24.1. The molecule has 1 aromatic heterocycles. The molecule has 2 atom stereocenters. The molecule has 1 aromatic carbocycles. The van der Waals surface area contributed by atoms with E-state index in [2.05, 4.69) is 10.3 Å². The van der Waals surface area contributed by atoms with Crippen molar-refractivity contribution < 1.29 is 35.9 Å². The van der Waals surface area contributed by atoms with Gasteiger partial charge in [-0.3, -0.25) is 4.79 Å². The number of oxazole rings is 1. The smallest absolute Gasteiger partial charge is 0.396 e. The summed E-state index contributed by atoms with van der Waals surface area (Å²) in [6, 6.07) is 1.78. The molecular formula is C25H27F5N2O3. The average molecular weight is 498 g/mol. The van der Waals surface area contributed by atoms with E-state index >= 15 is 0 Å². The minimum atomic E-state index is -4.62. The van der Waals surface area contributed by atoms with Crippen LogP contribution < -0.4 is 10.1 Å². The van der Waals surface area contributed by atoms with Gasteiger partial charge in [-0.1, -0.05) is 25.7 Å². The number of halogens is 5. The standard InChI is InChI=1S/C25H27F5N2O3/c26-18-10-16(11-19(27)22(18)34-17-8-14-7-15(14)9-17)31-23(33)21-20(12-25(28,29)30)35-24(32-21)13-5-3-1-2-4-6-13/h10-11,13-15,17H,1-9,12H2,(H,31,33).